The van der Waals surface area contributed by atoms with Gasteiger partial charge in [0.25, 0.3) is 0 Å². The number of hydrogen-bond acceptors (Lipinski definition) is 2. The predicted octanol–water partition coefficient (Wildman–Crippen LogP) is 2.86. The number of fused-ring (bicyclic) bond motifs is 2. The maximum absolute atomic E-state index is 13.1. The van der Waals surface area contributed by atoms with Crippen LogP contribution in [0, 0.1) is 22.7 Å². The van der Waals surface area contributed by atoms with Crippen LogP contribution in [0.3, 0.4) is 0 Å². The van der Waals surface area contributed by atoms with E-state index < -0.39 is 0 Å². The van der Waals surface area contributed by atoms with Gasteiger partial charge in [0.15, 0.2) is 0 Å². The van der Waals surface area contributed by atoms with Gasteiger partial charge in [-0.2, -0.15) is 0 Å². The SMILES string of the molecule is C=C1C(C)(C)[C@@H]2CC[C@]1(C(=O)N1CC[C@H](COC)C1)C2. The average Bonchev–Trinajstić information content (AvgIpc) is 3.07. The maximum Gasteiger partial charge on any atom is 0.232 e. The summed E-state index contributed by atoms with van der Waals surface area (Å²) in [5, 5.41) is 0. The van der Waals surface area contributed by atoms with Crippen LogP contribution < -0.4 is 0 Å². The molecule has 1 amide bonds. The zero-order valence-electron chi connectivity index (χ0n) is 13.1. The van der Waals surface area contributed by atoms with E-state index in [2.05, 4.69) is 25.3 Å². The lowest BCUT2D eigenvalue weighted by Crippen LogP contribution is -2.43. The molecule has 3 nitrogen and oxygen atoms in total. The normalized spacial score (nSPS) is 38.8. The molecule has 1 saturated heterocycles. The van der Waals surface area contributed by atoms with Crippen LogP contribution in [0.4, 0.5) is 0 Å². The first kappa shape index (κ1) is 14.1. The molecule has 3 heteroatoms. The molecule has 2 saturated carbocycles. The topological polar surface area (TPSA) is 29.5 Å². The minimum atomic E-state index is -0.240. The van der Waals surface area contributed by atoms with Crippen molar-refractivity contribution in [2.45, 2.75) is 39.5 Å². The fraction of sp³-hybridized carbons (Fsp3) is 0.824. The standard InChI is InChI=1S/C17H27NO2/c1-12-16(2,3)14-5-7-17(12,9-14)15(19)18-8-6-13(10-18)11-20-4/h13-14H,1,5-11H2,2-4H3/t13-,14+,17-/m0/s1. The summed E-state index contributed by atoms with van der Waals surface area (Å²) in [5.41, 5.74) is 1.09. The summed E-state index contributed by atoms with van der Waals surface area (Å²) in [6, 6.07) is 0. The number of ether oxygens (including phenoxy) is 1. The number of amides is 1. The highest BCUT2D eigenvalue weighted by Gasteiger charge is 2.61. The lowest BCUT2D eigenvalue weighted by molar-refractivity contribution is -0.138. The van der Waals surface area contributed by atoms with E-state index in [4.69, 9.17) is 4.74 Å². The van der Waals surface area contributed by atoms with Crippen LogP contribution in [-0.4, -0.2) is 37.6 Å². The smallest absolute Gasteiger partial charge is 0.232 e. The van der Waals surface area contributed by atoms with Crippen molar-refractivity contribution < 1.29 is 9.53 Å². The van der Waals surface area contributed by atoms with E-state index in [-0.39, 0.29) is 10.8 Å². The van der Waals surface area contributed by atoms with Crippen LogP contribution in [0.15, 0.2) is 12.2 Å². The number of carbonyl (C=O) groups is 1. The van der Waals surface area contributed by atoms with Crippen molar-refractivity contribution in [3.05, 3.63) is 12.2 Å². The Balaban J connectivity index is 1.77. The van der Waals surface area contributed by atoms with E-state index in [1.807, 2.05) is 0 Å². The van der Waals surface area contributed by atoms with Gasteiger partial charge < -0.3 is 9.64 Å². The molecule has 0 aromatic rings. The third kappa shape index (κ3) is 1.78. The zero-order chi connectivity index (χ0) is 14.5. The summed E-state index contributed by atoms with van der Waals surface area (Å²) >= 11 is 0. The van der Waals surface area contributed by atoms with E-state index in [9.17, 15) is 4.79 Å². The molecule has 3 aliphatic rings. The molecule has 3 fully saturated rings. The maximum atomic E-state index is 13.1. The minimum absolute atomic E-state index is 0.138. The van der Waals surface area contributed by atoms with Crippen molar-refractivity contribution in [2.75, 3.05) is 26.8 Å². The molecule has 0 aromatic carbocycles. The van der Waals surface area contributed by atoms with Crippen LogP contribution in [0.25, 0.3) is 0 Å². The van der Waals surface area contributed by atoms with Crippen molar-refractivity contribution in [3.63, 3.8) is 0 Å². The van der Waals surface area contributed by atoms with Gasteiger partial charge in [0.2, 0.25) is 5.91 Å². The second kappa shape index (κ2) is 4.59. The van der Waals surface area contributed by atoms with Gasteiger partial charge >= 0.3 is 0 Å². The first-order chi connectivity index (χ1) is 9.41. The average molecular weight is 277 g/mol. The van der Waals surface area contributed by atoms with E-state index in [1.165, 1.54) is 12.0 Å². The second-order valence-corrected chi connectivity index (χ2v) is 7.58. The Morgan fingerprint density at radius 3 is 2.80 bits per heavy atom. The molecular weight excluding hydrogens is 250 g/mol. The predicted molar refractivity (Wildman–Crippen MR) is 79.3 cm³/mol. The number of nitrogens with zero attached hydrogens (tertiary/aromatic N) is 1. The van der Waals surface area contributed by atoms with Gasteiger partial charge in [0.05, 0.1) is 12.0 Å². The van der Waals surface area contributed by atoms with Crippen LogP contribution in [0.1, 0.15) is 39.5 Å². The van der Waals surface area contributed by atoms with E-state index in [0.29, 0.717) is 17.7 Å². The zero-order valence-corrected chi connectivity index (χ0v) is 13.1. The Kier molecular flexibility index (Phi) is 3.24. The Labute approximate surface area is 122 Å². The van der Waals surface area contributed by atoms with Gasteiger partial charge in [0.1, 0.15) is 0 Å². The first-order valence-electron chi connectivity index (χ1n) is 7.90. The molecule has 0 N–H and O–H groups in total. The highest BCUT2D eigenvalue weighted by Crippen LogP contribution is 2.66. The number of hydrogen-bond donors (Lipinski definition) is 0. The Morgan fingerprint density at radius 1 is 1.45 bits per heavy atom. The molecule has 3 atom stereocenters. The summed E-state index contributed by atoms with van der Waals surface area (Å²) in [5.74, 6) is 1.52. The monoisotopic (exact) mass is 277 g/mol. The molecule has 1 heterocycles. The van der Waals surface area contributed by atoms with Crippen LogP contribution in [0.2, 0.25) is 0 Å². The molecule has 112 valence electrons. The molecule has 3 rings (SSSR count). The number of likely N-dealkylation sites (tertiary alicyclic amines) is 1. The van der Waals surface area contributed by atoms with Crippen molar-refractivity contribution in [1.82, 2.24) is 4.90 Å². The number of carbonyl (C=O) groups excluding carboxylic acids is 1. The highest BCUT2D eigenvalue weighted by molar-refractivity contribution is 5.88. The summed E-state index contributed by atoms with van der Waals surface area (Å²) < 4.78 is 5.24. The lowest BCUT2D eigenvalue weighted by atomic mass is 9.68. The van der Waals surface area contributed by atoms with Gasteiger partial charge in [-0.3, -0.25) is 4.79 Å². The van der Waals surface area contributed by atoms with E-state index in [1.54, 1.807) is 7.11 Å². The summed E-state index contributed by atoms with van der Waals surface area (Å²) in [4.78, 5) is 15.2. The third-order valence-electron chi connectivity index (χ3n) is 6.28. The largest absolute Gasteiger partial charge is 0.384 e. The molecule has 2 bridgehead atoms. The van der Waals surface area contributed by atoms with Gasteiger partial charge in [-0.1, -0.05) is 26.0 Å². The van der Waals surface area contributed by atoms with Crippen molar-refractivity contribution in [1.29, 1.82) is 0 Å². The molecular formula is C17H27NO2. The minimum Gasteiger partial charge on any atom is -0.384 e. The molecule has 2 aliphatic carbocycles. The van der Waals surface area contributed by atoms with Crippen LogP contribution in [-0.2, 0) is 9.53 Å². The number of methoxy groups -OCH3 is 1. The van der Waals surface area contributed by atoms with Gasteiger partial charge in [-0.15, -0.1) is 0 Å². The fourth-order valence-electron chi connectivity index (χ4n) is 4.81. The van der Waals surface area contributed by atoms with Crippen molar-refractivity contribution >= 4 is 5.91 Å². The molecule has 1 aliphatic heterocycles. The Morgan fingerprint density at radius 2 is 2.20 bits per heavy atom. The highest BCUT2D eigenvalue weighted by atomic mass is 16.5. The number of rotatable bonds is 3. The second-order valence-electron chi connectivity index (χ2n) is 7.58. The van der Waals surface area contributed by atoms with Crippen LogP contribution >= 0.6 is 0 Å². The molecule has 0 unspecified atom stereocenters. The van der Waals surface area contributed by atoms with E-state index >= 15 is 0 Å². The van der Waals surface area contributed by atoms with Gasteiger partial charge in [-0.25, -0.2) is 0 Å². The van der Waals surface area contributed by atoms with Crippen molar-refractivity contribution in [2.24, 2.45) is 22.7 Å². The molecule has 0 aromatic heterocycles. The lowest BCUT2D eigenvalue weighted by Gasteiger charge is -2.39. The summed E-state index contributed by atoms with van der Waals surface area (Å²) in [7, 11) is 1.74. The molecule has 0 radical (unpaired) electrons. The van der Waals surface area contributed by atoms with Gasteiger partial charge in [0, 0.05) is 26.1 Å². The van der Waals surface area contributed by atoms with E-state index in [0.717, 1.165) is 39.0 Å². The fourth-order valence-corrected chi connectivity index (χ4v) is 4.81. The van der Waals surface area contributed by atoms with Crippen LogP contribution in [0.5, 0.6) is 0 Å². The Bertz CT molecular complexity index is 442. The van der Waals surface area contributed by atoms with Crippen molar-refractivity contribution in [3.8, 4) is 0 Å². The molecule has 0 spiro atoms. The third-order valence-corrected chi connectivity index (χ3v) is 6.28. The van der Waals surface area contributed by atoms with Gasteiger partial charge in [-0.05, 0) is 37.0 Å². The molecule has 20 heavy (non-hydrogen) atoms. The first-order valence-corrected chi connectivity index (χ1v) is 7.90. The summed E-state index contributed by atoms with van der Waals surface area (Å²) in [6.07, 6.45) is 4.31. The summed E-state index contributed by atoms with van der Waals surface area (Å²) in [6.45, 7) is 11.4. The quantitative estimate of drug-likeness (QED) is 0.742. The Hall–Kier alpha value is -0.830.